The van der Waals surface area contributed by atoms with Crippen LogP contribution < -0.4 is 0 Å². The molecule has 6 aliphatic rings. The predicted molar refractivity (Wildman–Crippen MR) is 199 cm³/mol. The second-order valence-corrected chi connectivity index (χ2v) is 16.8. The minimum absolute atomic E-state index is 0.830. The van der Waals surface area contributed by atoms with Gasteiger partial charge in [-0.1, -0.05) is 0 Å². The Kier molecular flexibility index (Phi) is 19.4. The van der Waals surface area contributed by atoms with Crippen LogP contribution in [0, 0.1) is 0 Å². The fraction of sp³-hybridized carbons (Fsp3) is 1.00. The van der Waals surface area contributed by atoms with Gasteiger partial charge in [0.25, 0.3) is 0 Å². The highest BCUT2D eigenvalue weighted by molar-refractivity contribution is 5.00. The number of hydrogen-bond acceptors (Lipinski definition) is 31. The van der Waals surface area contributed by atoms with Crippen LogP contribution in [0.2, 0.25) is 0 Å². The average Bonchev–Trinajstić information content (AvgIpc) is 3.32. The van der Waals surface area contributed by atoms with Gasteiger partial charge >= 0.3 is 0 Å². The molecule has 6 fully saturated rings. The predicted octanol–water partition coefficient (Wildman–Crippen LogP) is -14.1. The molecule has 20 N–H and O–H groups in total. The number of hydrogen-bond donors (Lipinski definition) is 20. The standard InChI is InChI=1S/C36H62O31/c37-1-7-13(43)14(44)21(51)32(58-7)64-27-9(3-39)60-34(23(53)16(27)46)66-29-11(5-41)62-36(25(55)18(29)48)67-30-12(6-42)61-35(24(54)19(30)49)65-28-10(4-40)59-33(22(52)17(28)47)63-26-8(2-38)57-31(56)20(50)15(26)45/h7-56H,1-6H2/t7-,8-,9-,10-,11-,12-,13-,14+,15-,16-,17-,18-,19-,20-,21-,22-,23-,24-,25-,26-,27-,28-,29-,30-,31?,32-,33-,34-,35-,36-/m1/s1. The van der Waals surface area contributed by atoms with Gasteiger partial charge in [-0.25, -0.2) is 0 Å². The van der Waals surface area contributed by atoms with Crippen molar-refractivity contribution < 1.29 is 154 Å². The topological polar surface area (TPSA) is 506 Å². The van der Waals surface area contributed by atoms with Crippen molar-refractivity contribution in [1.82, 2.24) is 0 Å². The Bertz CT molecular complexity index is 1500. The van der Waals surface area contributed by atoms with Crippen molar-refractivity contribution in [3.8, 4) is 0 Å². The van der Waals surface area contributed by atoms with E-state index >= 15 is 0 Å². The molecule has 0 amide bonds. The molecule has 0 aromatic carbocycles. The maximum absolute atomic E-state index is 11.2. The van der Waals surface area contributed by atoms with E-state index in [9.17, 15) is 102 Å². The van der Waals surface area contributed by atoms with E-state index < -0.39 is 224 Å². The van der Waals surface area contributed by atoms with Gasteiger partial charge in [0, 0.05) is 0 Å². The van der Waals surface area contributed by atoms with Crippen molar-refractivity contribution in [1.29, 1.82) is 0 Å². The normalized spacial score (nSPS) is 53.4. The second kappa shape index (κ2) is 23.5. The largest absolute Gasteiger partial charge is 0.394 e. The summed E-state index contributed by atoms with van der Waals surface area (Å²) in [6.07, 6.45) is -56.5. The molecule has 31 heteroatoms. The van der Waals surface area contributed by atoms with Gasteiger partial charge in [0.15, 0.2) is 37.7 Å². The summed E-state index contributed by atoms with van der Waals surface area (Å²) in [6.45, 7) is -5.67. The van der Waals surface area contributed by atoms with Gasteiger partial charge in [0.05, 0.1) is 39.6 Å². The molecule has 6 heterocycles. The summed E-state index contributed by atoms with van der Waals surface area (Å²) in [7, 11) is 0. The van der Waals surface area contributed by atoms with Crippen LogP contribution in [0.15, 0.2) is 0 Å². The van der Waals surface area contributed by atoms with Crippen molar-refractivity contribution in [3.05, 3.63) is 0 Å². The van der Waals surface area contributed by atoms with Crippen LogP contribution in [0.1, 0.15) is 0 Å². The van der Waals surface area contributed by atoms with E-state index in [1.165, 1.54) is 0 Å². The first-order valence-corrected chi connectivity index (χ1v) is 21.1. The van der Waals surface area contributed by atoms with Crippen molar-refractivity contribution in [2.24, 2.45) is 0 Å². The molecule has 1 unspecified atom stereocenters. The van der Waals surface area contributed by atoms with Crippen LogP contribution in [0.4, 0.5) is 0 Å². The molecule has 30 atom stereocenters. The van der Waals surface area contributed by atoms with Crippen LogP contribution in [0.3, 0.4) is 0 Å². The lowest BCUT2D eigenvalue weighted by Crippen LogP contribution is -2.68. The highest BCUT2D eigenvalue weighted by atomic mass is 16.8. The zero-order chi connectivity index (χ0) is 49.3. The van der Waals surface area contributed by atoms with Crippen LogP contribution in [0.5, 0.6) is 0 Å². The van der Waals surface area contributed by atoms with Gasteiger partial charge in [-0.05, 0) is 0 Å². The summed E-state index contributed by atoms with van der Waals surface area (Å²) in [5.41, 5.74) is 0. The Morgan fingerprint density at radius 1 is 0.224 bits per heavy atom. The molecule has 67 heavy (non-hydrogen) atoms. The number of aliphatic hydroxyl groups excluding tert-OH is 20. The monoisotopic (exact) mass is 990 g/mol. The average molecular weight is 991 g/mol. The molecule has 0 aromatic rings. The molecule has 0 spiro atoms. The minimum Gasteiger partial charge on any atom is -0.394 e. The summed E-state index contributed by atoms with van der Waals surface area (Å²) >= 11 is 0. The van der Waals surface area contributed by atoms with E-state index in [4.69, 9.17) is 52.1 Å². The van der Waals surface area contributed by atoms with Crippen molar-refractivity contribution in [2.75, 3.05) is 39.6 Å². The smallest absolute Gasteiger partial charge is 0.187 e. The highest BCUT2D eigenvalue weighted by Crippen LogP contribution is 2.36. The Morgan fingerprint density at radius 3 is 0.687 bits per heavy atom. The van der Waals surface area contributed by atoms with E-state index in [1.54, 1.807) is 0 Å². The molecular formula is C36H62O31. The van der Waals surface area contributed by atoms with Crippen LogP contribution in [0.25, 0.3) is 0 Å². The minimum atomic E-state index is -2.18. The lowest BCUT2D eigenvalue weighted by molar-refractivity contribution is -0.396. The number of aliphatic hydroxyl groups is 20. The summed E-state index contributed by atoms with van der Waals surface area (Å²) in [6, 6.07) is 0. The van der Waals surface area contributed by atoms with Crippen LogP contribution in [-0.2, 0) is 52.1 Å². The third-order valence-corrected chi connectivity index (χ3v) is 12.4. The Labute approximate surface area is 378 Å². The van der Waals surface area contributed by atoms with Crippen LogP contribution >= 0.6 is 0 Å². The molecule has 0 radical (unpaired) electrons. The summed E-state index contributed by atoms with van der Waals surface area (Å²) in [5, 5.41) is 209. The Hall–Kier alpha value is -1.24. The fourth-order valence-electron chi connectivity index (χ4n) is 8.52. The first-order chi connectivity index (χ1) is 31.8. The summed E-state index contributed by atoms with van der Waals surface area (Å²) in [5.74, 6) is 0. The molecule has 0 aliphatic carbocycles. The molecule has 0 bridgehead atoms. The van der Waals surface area contributed by atoms with Crippen molar-refractivity contribution >= 4 is 0 Å². The van der Waals surface area contributed by atoms with Crippen molar-refractivity contribution in [2.45, 2.75) is 184 Å². The van der Waals surface area contributed by atoms with E-state index in [0.29, 0.717) is 0 Å². The Morgan fingerprint density at radius 2 is 0.433 bits per heavy atom. The van der Waals surface area contributed by atoms with Gasteiger partial charge in [0.2, 0.25) is 0 Å². The molecule has 6 saturated heterocycles. The van der Waals surface area contributed by atoms with E-state index in [0.717, 1.165) is 0 Å². The third kappa shape index (κ3) is 11.2. The quantitative estimate of drug-likeness (QED) is 0.0683. The Balaban J connectivity index is 1.07. The fourth-order valence-corrected chi connectivity index (χ4v) is 8.52. The zero-order valence-corrected chi connectivity index (χ0v) is 35.0. The number of ether oxygens (including phenoxy) is 11. The van der Waals surface area contributed by atoms with Crippen molar-refractivity contribution in [3.63, 3.8) is 0 Å². The summed E-state index contributed by atoms with van der Waals surface area (Å²) in [4.78, 5) is 0. The summed E-state index contributed by atoms with van der Waals surface area (Å²) < 4.78 is 60.5. The highest BCUT2D eigenvalue weighted by Gasteiger charge is 2.57. The van der Waals surface area contributed by atoms with Gasteiger partial charge in [-0.2, -0.15) is 0 Å². The second-order valence-electron chi connectivity index (χ2n) is 16.8. The van der Waals surface area contributed by atoms with E-state index in [1.807, 2.05) is 0 Å². The molecule has 6 rings (SSSR count). The van der Waals surface area contributed by atoms with Crippen LogP contribution in [-0.4, -0.2) is 326 Å². The molecule has 31 nitrogen and oxygen atoms in total. The first kappa shape index (κ1) is 55.1. The van der Waals surface area contributed by atoms with Gasteiger partial charge < -0.3 is 154 Å². The van der Waals surface area contributed by atoms with Gasteiger partial charge in [-0.3, -0.25) is 0 Å². The molecular weight excluding hydrogens is 928 g/mol. The lowest BCUT2D eigenvalue weighted by Gasteiger charge is -2.49. The van der Waals surface area contributed by atoms with E-state index in [-0.39, 0.29) is 0 Å². The van der Waals surface area contributed by atoms with E-state index in [2.05, 4.69) is 0 Å². The van der Waals surface area contributed by atoms with Gasteiger partial charge in [-0.15, -0.1) is 0 Å². The number of rotatable bonds is 16. The zero-order valence-electron chi connectivity index (χ0n) is 35.0. The molecule has 0 aromatic heterocycles. The first-order valence-electron chi connectivity index (χ1n) is 21.1. The lowest BCUT2D eigenvalue weighted by atomic mass is 9.95. The molecule has 392 valence electrons. The SMILES string of the molecule is OC[C@H]1O[C@H](O[C@H]2[C@H](O)[C@@H](O)[C@@H](O[C@H]3[C@H](O)[C@@H](O)[C@@H](O[C@H]4[C@H](O)[C@@H](O)[C@@H](O[C@H]5[C@H](O)[C@@H](O)[C@@H](O[C@H]6[C@H](O)[C@@H](O)C(O)O[C@@H]6CO)O[C@@H]5CO)O[C@@H]4CO)O[C@@H]3CO)O[C@@H]2CO)[C@H](O)[C@@H](O)[C@@H]1O. The maximum atomic E-state index is 11.2. The molecule has 0 saturated carbocycles. The third-order valence-electron chi connectivity index (χ3n) is 12.4. The molecule has 6 aliphatic heterocycles. The van der Waals surface area contributed by atoms with Gasteiger partial charge in [0.1, 0.15) is 146 Å². The maximum Gasteiger partial charge on any atom is 0.187 e.